The number of benzene rings is 1. The molecule has 112 valence electrons. The van der Waals surface area contributed by atoms with Gasteiger partial charge in [-0.2, -0.15) is 0 Å². The lowest BCUT2D eigenvalue weighted by Gasteiger charge is -2.22. The molecule has 21 heavy (non-hydrogen) atoms. The fraction of sp³-hybridized carbons (Fsp3) is 0.412. The summed E-state index contributed by atoms with van der Waals surface area (Å²) in [6.45, 7) is 1.45. The molecule has 0 aliphatic heterocycles. The second-order valence-electron chi connectivity index (χ2n) is 5.64. The highest BCUT2D eigenvalue weighted by molar-refractivity contribution is 6.14. The fourth-order valence-corrected chi connectivity index (χ4v) is 2.43. The molecule has 0 radical (unpaired) electrons. The number of carbonyl (C=O) groups excluding carboxylic acids is 1. The maximum atomic E-state index is 12.2. The lowest BCUT2D eigenvalue weighted by atomic mass is 9.83. The van der Waals surface area contributed by atoms with E-state index in [9.17, 15) is 9.90 Å². The monoisotopic (exact) mass is 286 g/mol. The predicted octanol–water partition coefficient (Wildman–Crippen LogP) is 2.58. The van der Waals surface area contributed by atoms with Crippen LogP contribution in [0, 0.1) is 0 Å². The largest absolute Gasteiger partial charge is 0.511 e. The van der Waals surface area contributed by atoms with Crippen molar-refractivity contribution in [1.82, 2.24) is 4.90 Å². The van der Waals surface area contributed by atoms with E-state index < -0.39 is 0 Å². The summed E-state index contributed by atoms with van der Waals surface area (Å²) in [4.78, 5) is 18.5. The van der Waals surface area contributed by atoms with Crippen molar-refractivity contribution in [3.8, 4) is 0 Å². The van der Waals surface area contributed by atoms with Crippen molar-refractivity contribution in [2.45, 2.75) is 18.8 Å². The number of carbonyl (C=O) groups is 1. The molecule has 1 unspecified atom stereocenters. The third kappa shape index (κ3) is 4.26. The number of aliphatic hydroxyl groups is 1. The topological polar surface area (TPSA) is 52.9 Å². The van der Waals surface area contributed by atoms with Crippen molar-refractivity contribution >= 4 is 12.0 Å². The minimum Gasteiger partial charge on any atom is -0.511 e. The zero-order valence-electron chi connectivity index (χ0n) is 12.6. The number of rotatable bonds is 5. The molecule has 0 heterocycles. The summed E-state index contributed by atoms with van der Waals surface area (Å²) in [6, 6.07) is 9.87. The lowest BCUT2D eigenvalue weighted by Crippen LogP contribution is -2.20. The van der Waals surface area contributed by atoms with E-state index >= 15 is 0 Å². The van der Waals surface area contributed by atoms with Gasteiger partial charge in [0.05, 0.1) is 12.1 Å². The Balaban J connectivity index is 2.05. The van der Waals surface area contributed by atoms with Gasteiger partial charge in [0.1, 0.15) is 5.76 Å². The van der Waals surface area contributed by atoms with Crippen LogP contribution in [-0.4, -0.2) is 49.2 Å². The fourth-order valence-electron chi connectivity index (χ4n) is 2.43. The lowest BCUT2D eigenvalue weighted by molar-refractivity contribution is -0.116. The van der Waals surface area contributed by atoms with Crippen molar-refractivity contribution in [1.29, 1.82) is 0 Å². The molecular weight excluding hydrogens is 264 g/mol. The predicted molar refractivity (Wildman–Crippen MR) is 85.0 cm³/mol. The van der Waals surface area contributed by atoms with Crippen LogP contribution < -0.4 is 0 Å². The highest BCUT2D eigenvalue weighted by Gasteiger charge is 2.27. The van der Waals surface area contributed by atoms with Gasteiger partial charge in [0.15, 0.2) is 5.78 Å². The molecule has 0 aromatic heterocycles. The van der Waals surface area contributed by atoms with Gasteiger partial charge in [-0.3, -0.25) is 9.79 Å². The van der Waals surface area contributed by atoms with Crippen molar-refractivity contribution in [2.24, 2.45) is 4.99 Å². The van der Waals surface area contributed by atoms with Gasteiger partial charge in [0, 0.05) is 25.6 Å². The molecule has 0 amide bonds. The quantitative estimate of drug-likeness (QED) is 0.846. The van der Waals surface area contributed by atoms with Gasteiger partial charge in [-0.05, 0) is 25.6 Å². The average Bonchev–Trinajstić information content (AvgIpc) is 2.46. The summed E-state index contributed by atoms with van der Waals surface area (Å²) in [6.07, 6.45) is 2.47. The van der Waals surface area contributed by atoms with Gasteiger partial charge in [-0.1, -0.05) is 30.3 Å². The third-order valence-corrected chi connectivity index (χ3v) is 3.65. The number of ketones is 1. The van der Waals surface area contributed by atoms with Crippen molar-refractivity contribution < 1.29 is 9.90 Å². The number of nitrogens with zero attached hydrogens (tertiary/aromatic N) is 2. The molecule has 4 nitrogen and oxygen atoms in total. The van der Waals surface area contributed by atoms with Crippen LogP contribution in [0.3, 0.4) is 0 Å². The molecule has 1 aliphatic carbocycles. The van der Waals surface area contributed by atoms with E-state index in [1.165, 1.54) is 6.21 Å². The summed E-state index contributed by atoms with van der Waals surface area (Å²) in [5.41, 5.74) is 1.47. The first-order valence-corrected chi connectivity index (χ1v) is 7.22. The minimum absolute atomic E-state index is 0.0267. The zero-order chi connectivity index (χ0) is 15.2. The molecule has 1 aliphatic rings. The maximum Gasteiger partial charge on any atom is 0.168 e. The van der Waals surface area contributed by atoms with Crippen molar-refractivity contribution in [3.63, 3.8) is 0 Å². The number of likely N-dealkylation sites (N-methyl/N-ethyl adjacent to an activating group) is 1. The Morgan fingerprint density at radius 3 is 2.62 bits per heavy atom. The summed E-state index contributed by atoms with van der Waals surface area (Å²) in [5, 5.41) is 10.1. The van der Waals surface area contributed by atoms with E-state index in [0.29, 0.717) is 25.0 Å². The highest BCUT2D eigenvalue weighted by Crippen LogP contribution is 2.32. The van der Waals surface area contributed by atoms with Gasteiger partial charge in [0.25, 0.3) is 0 Å². The summed E-state index contributed by atoms with van der Waals surface area (Å²) < 4.78 is 0. The molecule has 4 heteroatoms. The Morgan fingerprint density at radius 1 is 1.29 bits per heavy atom. The van der Waals surface area contributed by atoms with Gasteiger partial charge in [-0.25, -0.2) is 0 Å². The maximum absolute atomic E-state index is 12.2. The van der Waals surface area contributed by atoms with E-state index in [2.05, 4.69) is 4.99 Å². The Kier molecular flexibility index (Phi) is 5.28. The highest BCUT2D eigenvalue weighted by atomic mass is 16.3. The Bertz CT molecular complexity index is 547. The summed E-state index contributed by atoms with van der Waals surface area (Å²) in [7, 11) is 3.95. The van der Waals surface area contributed by atoms with E-state index in [4.69, 9.17) is 0 Å². The van der Waals surface area contributed by atoms with Crippen LogP contribution in [0.5, 0.6) is 0 Å². The van der Waals surface area contributed by atoms with Crippen molar-refractivity contribution in [3.05, 3.63) is 47.2 Å². The number of Topliss-reactive ketones (excluding diaryl/α,β-unsaturated/α-hetero) is 1. The van der Waals surface area contributed by atoms with Crippen molar-refractivity contribution in [2.75, 3.05) is 27.2 Å². The summed E-state index contributed by atoms with van der Waals surface area (Å²) in [5.74, 6) is 0.201. The molecule has 1 atom stereocenters. The zero-order valence-corrected chi connectivity index (χ0v) is 12.6. The Morgan fingerprint density at radius 2 is 2.00 bits per heavy atom. The standard InChI is InChI=1S/C17H22N2O2/c1-19(2)9-8-18-12-15-16(20)10-14(11-17(15)21)13-6-4-3-5-7-13/h3-7,12,14,20H,8-11H2,1-2H3. The molecule has 0 saturated carbocycles. The summed E-state index contributed by atoms with van der Waals surface area (Å²) >= 11 is 0. The molecule has 1 aromatic rings. The first kappa shape index (κ1) is 15.4. The number of allylic oxidation sites excluding steroid dienone is 2. The van der Waals surface area contributed by atoms with Gasteiger partial charge < -0.3 is 10.0 Å². The van der Waals surface area contributed by atoms with Crippen LogP contribution in [0.15, 0.2) is 46.7 Å². The molecule has 0 saturated heterocycles. The van der Waals surface area contributed by atoms with Crippen LogP contribution in [0.4, 0.5) is 0 Å². The van der Waals surface area contributed by atoms with E-state index in [0.717, 1.165) is 12.1 Å². The minimum atomic E-state index is -0.0267. The molecule has 1 aromatic carbocycles. The second kappa shape index (κ2) is 7.18. The molecule has 2 rings (SSSR count). The van der Waals surface area contributed by atoms with Gasteiger partial charge in [-0.15, -0.1) is 0 Å². The SMILES string of the molecule is CN(C)CCN=CC1=C(O)CC(c2ccccc2)CC1=O. The van der Waals surface area contributed by atoms with Gasteiger partial charge in [0.2, 0.25) is 0 Å². The first-order valence-electron chi connectivity index (χ1n) is 7.22. The second-order valence-corrected chi connectivity index (χ2v) is 5.64. The van der Waals surface area contributed by atoms with Crippen LogP contribution in [-0.2, 0) is 4.79 Å². The Hall–Kier alpha value is -1.94. The van der Waals surface area contributed by atoms with E-state index in [1.54, 1.807) is 0 Å². The number of hydrogen-bond donors (Lipinski definition) is 1. The Labute approximate surface area is 125 Å². The smallest absolute Gasteiger partial charge is 0.168 e. The third-order valence-electron chi connectivity index (χ3n) is 3.65. The molecule has 0 bridgehead atoms. The van der Waals surface area contributed by atoms with E-state index in [-0.39, 0.29) is 17.5 Å². The van der Waals surface area contributed by atoms with Crippen LogP contribution in [0.2, 0.25) is 0 Å². The number of aliphatic hydroxyl groups excluding tert-OH is 1. The molecule has 0 fully saturated rings. The first-order chi connectivity index (χ1) is 10.1. The molecule has 1 N–H and O–H groups in total. The normalized spacial score (nSPS) is 19.8. The van der Waals surface area contributed by atoms with Crippen LogP contribution in [0.25, 0.3) is 0 Å². The van der Waals surface area contributed by atoms with Gasteiger partial charge >= 0.3 is 0 Å². The number of aliphatic imine (C=N–C) groups is 1. The molecular formula is C17H22N2O2. The van der Waals surface area contributed by atoms with Crippen LogP contribution >= 0.6 is 0 Å². The van der Waals surface area contributed by atoms with E-state index in [1.807, 2.05) is 49.3 Å². The number of hydrogen-bond acceptors (Lipinski definition) is 4. The average molecular weight is 286 g/mol. The molecule has 0 spiro atoms. The van der Waals surface area contributed by atoms with Crippen LogP contribution in [0.1, 0.15) is 24.3 Å².